The van der Waals surface area contributed by atoms with Gasteiger partial charge in [0.1, 0.15) is 0 Å². The van der Waals surface area contributed by atoms with E-state index < -0.39 is 5.54 Å². The summed E-state index contributed by atoms with van der Waals surface area (Å²) in [5.41, 5.74) is 5.66. The number of amides is 1. The van der Waals surface area contributed by atoms with E-state index in [4.69, 9.17) is 5.73 Å². The fourth-order valence-electron chi connectivity index (χ4n) is 2.81. The van der Waals surface area contributed by atoms with Crippen LogP contribution in [0.15, 0.2) is 0 Å². The van der Waals surface area contributed by atoms with Crippen molar-refractivity contribution in [3.8, 4) is 0 Å². The summed E-state index contributed by atoms with van der Waals surface area (Å²) in [6, 6.07) is 0. The number of hydrogen-bond donors (Lipinski definition) is 2. The lowest BCUT2D eigenvalue weighted by atomic mass is 9.76. The van der Waals surface area contributed by atoms with Crippen LogP contribution in [-0.4, -0.2) is 29.0 Å². The van der Waals surface area contributed by atoms with E-state index >= 15 is 0 Å². The largest absolute Gasteiger partial charge is 0.353 e. The monoisotopic (exact) mass is 256 g/mol. The van der Waals surface area contributed by atoms with Gasteiger partial charge in [-0.15, -0.1) is 0 Å². The maximum atomic E-state index is 12.2. The van der Waals surface area contributed by atoms with Crippen molar-refractivity contribution in [1.82, 2.24) is 5.32 Å². The second kappa shape index (κ2) is 4.81. The molecule has 0 aromatic carbocycles. The number of carbonyl (C=O) groups excluding carboxylic acids is 1. The van der Waals surface area contributed by atoms with E-state index in [9.17, 15) is 4.79 Å². The van der Waals surface area contributed by atoms with Gasteiger partial charge in [-0.25, -0.2) is 0 Å². The van der Waals surface area contributed by atoms with Crippen molar-refractivity contribution in [3.05, 3.63) is 0 Å². The third-order valence-corrected chi connectivity index (χ3v) is 5.72. The van der Waals surface area contributed by atoms with Gasteiger partial charge in [0.25, 0.3) is 0 Å². The SMILES string of the molecule is CSC1(CNC(=O)C2(N)CCCC(C)C2)CC1. The molecule has 2 rings (SSSR count). The van der Waals surface area contributed by atoms with E-state index in [1.165, 1.54) is 19.3 Å². The molecule has 2 unspecified atom stereocenters. The number of rotatable bonds is 4. The average Bonchev–Trinajstić information content (AvgIpc) is 3.06. The molecule has 0 heterocycles. The third kappa shape index (κ3) is 2.97. The molecular weight excluding hydrogens is 232 g/mol. The van der Waals surface area contributed by atoms with Crippen molar-refractivity contribution in [3.63, 3.8) is 0 Å². The molecule has 2 fully saturated rings. The lowest BCUT2D eigenvalue weighted by Gasteiger charge is -2.35. The van der Waals surface area contributed by atoms with Crippen molar-refractivity contribution in [1.29, 1.82) is 0 Å². The Hall–Kier alpha value is -0.220. The topological polar surface area (TPSA) is 55.1 Å². The van der Waals surface area contributed by atoms with E-state index in [1.807, 2.05) is 11.8 Å². The van der Waals surface area contributed by atoms with Crippen LogP contribution in [0.25, 0.3) is 0 Å². The van der Waals surface area contributed by atoms with Crippen LogP contribution < -0.4 is 11.1 Å². The Labute approximate surface area is 108 Å². The second-order valence-electron chi connectivity index (χ2n) is 5.93. The predicted molar refractivity (Wildman–Crippen MR) is 73.0 cm³/mol. The summed E-state index contributed by atoms with van der Waals surface area (Å²) in [4.78, 5) is 12.2. The molecule has 2 saturated carbocycles. The van der Waals surface area contributed by atoms with Gasteiger partial charge in [0.2, 0.25) is 5.91 Å². The summed E-state index contributed by atoms with van der Waals surface area (Å²) in [6.07, 6.45) is 8.55. The fraction of sp³-hybridized carbons (Fsp3) is 0.923. The molecule has 0 aromatic rings. The summed E-state index contributed by atoms with van der Waals surface area (Å²) in [7, 11) is 0. The Kier molecular flexibility index (Phi) is 3.74. The fourth-order valence-corrected chi connectivity index (χ4v) is 3.53. The number of nitrogens with one attached hydrogen (secondary N) is 1. The minimum absolute atomic E-state index is 0.0735. The van der Waals surface area contributed by atoms with Crippen LogP contribution >= 0.6 is 11.8 Å². The van der Waals surface area contributed by atoms with E-state index in [2.05, 4.69) is 18.5 Å². The average molecular weight is 256 g/mol. The summed E-state index contributed by atoms with van der Waals surface area (Å²) in [5.74, 6) is 0.652. The smallest absolute Gasteiger partial charge is 0.240 e. The minimum atomic E-state index is -0.605. The van der Waals surface area contributed by atoms with E-state index in [1.54, 1.807) is 0 Å². The maximum Gasteiger partial charge on any atom is 0.240 e. The van der Waals surface area contributed by atoms with Crippen molar-refractivity contribution in [2.24, 2.45) is 11.7 Å². The first-order chi connectivity index (χ1) is 8.00. The molecule has 0 spiro atoms. The Morgan fingerprint density at radius 3 is 2.71 bits per heavy atom. The lowest BCUT2D eigenvalue weighted by molar-refractivity contribution is -0.128. The van der Waals surface area contributed by atoms with E-state index in [0.717, 1.165) is 25.8 Å². The Morgan fingerprint density at radius 1 is 1.47 bits per heavy atom. The molecule has 0 aromatic heterocycles. The maximum absolute atomic E-state index is 12.2. The van der Waals surface area contributed by atoms with Gasteiger partial charge in [-0.2, -0.15) is 11.8 Å². The first-order valence-corrected chi connectivity index (χ1v) is 7.85. The van der Waals surface area contributed by atoms with Crippen molar-refractivity contribution in [2.75, 3.05) is 12.8 Å². The quantitative estimate of drug-likeness (QED) is 0.808. The third-order valence-electron chi connectivity index (χ3n) is 4.30. The first-order valence-electron chi connectivity index (χ1n) is 6.62. The van der Waals surface area contributed by atoms with Gasteiger partial charge in [-0.3, -0.25) is 4.79 Å². The molecule has 1 amide bonds. The van der Waals surface area contributed by atoms with Gasteiger partial charge < -0.3 is 11.1 Å². The summed E-state index contributed by atoms with van der Waals surface area (Å²) in [5, 5.41) is 3.08. The van der Waals surface area contributed by atoms with Gasteiger partial charge in [-0.05, 0) is 37.9 Å². The highest BCUT2D eigenvalue weighted by atomic mass is 32.2. The zero-order valence-corrected chi connectivity index (χ0v) is 11.7. The highest BCUT2D eigenvalue weighted by Gasteiger charge is 2.44. The molecule has 17 heavy (non-hydrogen) atoms. The molecule has 2 aliphatic carbocycles. The van der Waals surface area contributed by atoms with E-state index in [0.29, 0.717) is 10.7 Å². The molecule has 0 saturated heterocycles. The van der Waals surface area contributed by atoms with Crippen molar-refractivity contribution < 1.29 is 4.79 Å². The van der Waals surface area contributed by atoms with Crippen LogP contribution in [0.4, 0.5) is 0 Å². The first kappa shape index (κ1) is 13.2. The molecule has 0 radical (unpaired) electrons. The highest BCUT2D eigenvalue weighted by Crippen LogP contribution is 2.46. The molecule has 0 bridgehead atoms. The standard InChI is InChI=1S/C13H24N2OS/c1-10-4-3-5-13(14,8-10)11(16)15-9-12(17-2)6-7-12/h10H,3-9,14H2,1-2H3,(H,15,16). The molecule has 2 atom stereocenters. The Morgan fingerprint density at radius 2 is 2.18 bits per heavy atom. The van der Waals surface area contributed by atoms with Crippen LogP contribution in [0.2, 0.25) is 0 Å². The molecular formula is C13H24N2OS. The highest BCUT2D eigenvalue weighted by molar-refractivity contribution is 8.00. The van der Waals surface area contributed by atoms with E-state index in [-0.39, 0.29) is 5.91 Å². The van der Waals surface area contributed by atoms with Gasteiger partial charge in [-0.1, -0.05) is 19.8 Å². The molecule has 3 N–H and O–H groups in total. The van der Waals surface area contributed by atoms with Gasteiger partial charge in [0, 0.05) is 11.3 Å². The lowest BCUT2D eigenvalue weighted by Crippen LogP contribution is -2.57. The van der Waals surface area contributed by atoms with Crippen LogP contribution in [0.3, 0.4) is 0 Å². The predicted octanol–water partition coefficient (Wildman–Crippen LogP) is 1.91. The van der Waals surface area contributed by atoms with Crippen LogP contribution in [0.5, 0.6) is 0 Å². The molecule has 3 nitrogen and oxygen atoms in total. The Balaban J connectivity index is 1.86. The van der Waals surface area contributed by atoms with Gasteiger partial charge >= 0.3 is 0 Å². The number of carbonyl (C=O) groups is 1. The minimum Gasteiger partial charge on any atom is -0.353 e. The number of nitrogens with two attached hydrogens (primary N) is 1. The van der Waals surface area contributed by atoms with Crippen LogP contribution in [-0.2, 0) is 4.79 Å². The van der Waals surface area contributed by atoms with Crippen molar-refractivity contribution >= 4 is 17.7 Å². The normalized spacial score (nSPS) is 35.4. The van der Waals surface area contributed by atoms with Gasteiger partial charge in [0.05, 0.1) is 5.54 Å². The Bertz CT molecular complexity index is 304. The zero-order valence-electron chi connectivity index (χ0n) is 10.9. The molecule has 2 aliphatic rings. The molecule has 0 aliphatic heterocycles. The number of thioether (sulfide) groups is 1. The summed E-state index contributed by atoms with van der Waals surface area (Å²) < 4.78 is 0.326. The molecule has 4 heteroatoms. The van der Waals surface area contributed by atoms with Crippen molar-refractivity contribution in [2.45, 2.75) is 55.7 Å². The number of hydrogen-bond acceptors (Lipinski definition) is 3. The molecule has 98 valence electrons. The summed E-state index contributed by atoms with van der Waals surface area (Å²) >= 11 is 1.87. The van der Waals surface area contributed by atoms with Crippen LogP contribution in [0.1, 0.15) is 45.4 Å². The van der Waals surface area contributed by atoms with Gasteiger partial charge in [0.15, 0.2) is 0 Å². The second-order valence-corrected chi connectivity index (χ2v) is 7.20. The summed E-state index contributed by atoms with van der Waals surface area (Å²) in [6.45, 7) is 2.98. The van der Waals surface area contributed by atoms with Crippen LogP contribution in [0, 0.1) is 5.92 Å². The zero-order chi connectivity index (χ0) is 12.5.